The fraction of sp³-hybridized carbons (Fsp3) is 0.125. The van der Waals surface area contributed by atoms with Crippen molar-refractivity contribution in [3.63, 3.8) is 0 Å². The standard InChI is InChI=1S/C16H12BrNO2/c1-20-14-8-4-12(5-9-14)16(19)15(10-18)11-2-6-13(17)7-3-11/h2-9,15H,1H3. The van der Waals surface area contributed by atoms with Gasteiger partial charge >= 0.3 is 0 Å². The molecule has 4 heteroatoms. The highest BCUT2D eigenvalue weighted by Gasteiger charge is 2.21. The SMILES string of the molecule is COc1ccc(C(=O)C(C#N)c2ccc(Br)cc2)cc1. The van der Waals surface area contributed by atoms with Crippen molar-refractivity contribution in [1.82, 2.24) is 0 Å². The molecular formula is C16H12BrNO2. The second kappa shape index (κ2) is 6.36. The van der Waals surface area contributed by atoms with Crippen LogP contribution in [0.5, 0.6) is 5.75 Å². The molecule has 0 radical (unpaired) electrons. The van der Waals surface area contributed by atoms with E-state index in [2.05, 4.69) is 22.0 Å². The molecule has 0 N–H and O–H groups in total. The van der Waals surface area contributed by atoms with Crippen LogP contribution in [0.1, 0.15) is 21.8 Å². The fourth-order valence-corrected chi connectivity index (χ4v) is 2.13. The van der Waals surface area contributed by atoms with Gasteiger partial charge in [0, 0.05) is 10.0 Å². The summed E-state index contributed by atoms with van der Waals surface area (Å²) in [5, 5.41) is 9.27. The Hall–Kier alpha value is -2.12. The minimum absolute atomic E-state index is 0.211. The molecule has 20 heavy (non-hydrogen) atoms. The maximum Gasteiger partial charge on any atom is 0.184 e. The summed E-state index contributed by atoms with van der Waals surface area (Å²) in [5.41, 5.74) is 1.19. The van der Waals surface area contributed by atoms with E-state index >= 15 is 0 Å². The van der Waals surface area contributed by atoms with E-state index in [1.807, 2.05) is 12.1 Å². The van der Waals surface area contributed by atoms with Crippen molar-refractivity contribution in [3.8, 4) is 11.8 Å². The number of ketones is 1. The van der Waals surface area contributed by atoms with Crippen LogP contribution in [-0.2, 0) is 0 Å². The van der Waals surface area contributed by atoms with Gasteiger partial charge in [-0.2, -0.15) is 5.26 Å². The third-order valence-corrected chi connectivity index (χ3v) is 3.50. The maximum atomic E-state index is 12.4. The van der Waals surface area contributed by atoms with E-state index in [0.717, 1.165) is 4.47 Å². The number of hydrogen-bond acceptors (Lipinski definition) is 3. The van der Waals surface area contributed by atoms with E-state index < -0.39 is 5.92 Å². The molecule has 0 heterocycles. The summed E-state index contributed by atoms with van der Waals surface area (Å²) in [6.45, 7) is 0. The van der Waals surface area contributed by atoms with E-state index in [1.54, 1.807) is 43.5 Å². The number of nitrogens with zero attached hydrogens (tertiary/aromatic N) is 1. The van der Waals surface area contributed by atoms with Crippen LogP contribution in [0.4, 0.5) is 0 Å². The number of rotatable bonds is 4. The Labute approximate surface area is 125 Å². The van der Waals surface area contributed by atoms with Gasteiger partial charge in [-0.15, -0.1) is 0 Å². The number of halogens is 1. The van der Waals surface area contributed by atoms with Crippen LogP contribution in [0.15, 0.2) is 53.0 Å². The van der Waals surface area contributed by atoms with Crippen LogP contribution in [0.25, 0.3) is 0 Å². The first-order chi connectivity index (χ1) is 9.65. The molecule has 2 aromatic rings. The van der Waals surface area contributed by atoms with Crippen molar-refractivity contribution in [2.24, 2.45) is 0 Å². The Morgan fingerprint density at radius 2 is 1.75 bits per heavy atom. The number of ether oxygens (including phenoxy) is 1. The smallest absolute Gasteiger partial charge is 0.184 e. The van der Waals surface area contributed by atoms with Gasteiger partial charge in [-0.1, -0.05) is 28.1 Å². The molecule has 0 aromatic heterocycles. The van der Waals surface area contributed by atoms with E-state index in [1.165, 1.54) is 0 Å². The topological polar surface area (TPSA) is 50.1 Å². The molecule has 0 aliphatic rings. The molecule has 1 atom stereocenters. The molecule has 1 unspecified atom stereocenters. The summed E-state index contributed by atoms with van der Waals surface area (Å²) < 4.78 is 5.96. The normalized spacial score (nSPS) is 11.4. The molecule has 0 amide bonds. The van der Waals surface area contributed by atoms with Crippen molar-refractivity contribution in [2.45, 2.75) is 5.92 Å². The highest BCUT2D eigenvalue weighted by molar-refractivity contribution is 9.10. The lowest BCUT2D eigenvalue weighted by molar-refractivity contribution is 0.0979. The monoisotopic (exact) mass is 329 g/mol. The van der Waals surface area contributed by atoms with Gasteiger partial charge in [0.15, 0.2) is 5.78 Å². The number of carbonyl (C=O) groups is 1. The molecule has 0 spiro atoms. The van der Waals surface area contributed by atoms with E-state index in [9.17, 15) is 10.1 Å². The molecule has 3 nitrogen and oxygen atoms in total. The van der Waals surface area contributed by atoms with Crippen molar-refractivity contribution in [2.75, 3.05) is 7.11 Å². The summed E-state index contributed by atoms with van der Waals surface area (Å²) in [6, 6.07) is 16.0. The van der Waals surface area contributed by atoms with Gasteiger partial charge in [-0.05, 0) is 42.0 Å². The van der Waals surface area contributed by atoms with Crippen molar-refractivity contribution >= 4 is 21.7 Å². The number of nitriles is 1. The Kier molecular flexibility index (Phi) is 4.54. The number of methoxy groups -OCH3 is 1. The van der Waals surface area contributed by atoms with E-state index in [4.69, 9.17) is 4.74 Å². The predicted octanol–water partition coefficient (Wildman–Crippen LogP) is 3.95. The maximum absolute atomic E-state index is 12.4. The van der Waals surface area contributed by atoms with Crippen LogP contribution < -0.4 is 4.74 Å². The predicted molar refractivity (Wildman–Crippen MR) is 79.8 cm³/mol. The Morgan fingerprint density at radius 3 is 2.25 bits per heavy atom. The molecule has 2 aromatic carbocycles. The zero-order valence-corrected chi connectivity index (χ0v) is 12.4. The average molecular weight is 330 g/mol. The highest BCUT2D eigenvalue weighted by Crippen LogP contribution is 2.23. The molecular weight excluding hydrogens is 318 g/mol. The average Bonchev–Trinajstić information content (AvgIpc) is 2.50. The molecule has 0 aliphatic carbocycles. The molecule has 0 fully saturated rings. The third kappa shape index (κ3) is 3.06. The fourth-order valence-electron chi connectivity index (χ4n) is 1.86. The van der Waals surface area contributed by atoms with Crippen LogP contribution in [0.2, 0.25) is 0 Å². The second-order valence-electron chi connectivity index (χ2n) is 4.21. The lowest BCUT2D eigenvalue weighted by Crippen LogP contribution is -2.11. The molecule has 0 saturated carbocycles. The lowest BCUT2D eigenvalue weighted by atomic mass is 9.92. The van der Waals surface area contributed by atoms with Crippen LogP contribution in [0, 0.1) is 11.3 Å². The van der Waals surface area contributed by atoms with E-state index in [-0.39, 0.29) is 5.78 Å². The first kappa shape index (κ1) is 14.3. The van der Waals surface area contributed by atoms with E-state index in [0.29, 0.717) is 16.9 Å². The largest absolute Gasteiger partial charge is 0.497 e. The first-order valence-corrected chi connectivity index (χ1v) is 6.78. The van der Waals surface area contributed by atoms with Crippen molar-refractivity contribution in [1.29, 1.82) is 5.26 Å². The van der Waals surface area contributed by atoms with Gasteiger partial charge < -0.3 is 4.74 Å². The minimum Gasteiger partial charge on any atom is -0.497 e. The summed E-state index contributed by atoms with van der Waals surface area (Å²) in [6.07, 6.45) is 0. The van der Waals surface area contributed by atoms with Gasteiger partial charge in [0.05, 0.1) is 13.2 Å². The van der Waals surface area contributed by atoms with Gasteiger partial charge in [0.25, 0.3) is 0 Å². The van der Waals surface area contributed by atoms with Crippen molar-refractivity contribution in [3.05, 3.63) is 64.1 Å². The first-order valence-electron chi connectivity index (χ1n) is 5.99. The van der Waals surface area contributed by atoms with Gasteiger partial charge in [0.2, 0.25) is 0 Å². The lowest BCUT2D eigenvalue weighted by Gasteiger charge is -2.09. The minimum atomic E-state index is -0.795. The zero-order valence-electron chi connectivity index (χ0n) is 10.8. The molecule has 0 aliphatic heterocycles. The Balaban J connectivity index is 2.29. The number of Topliss-reactive ketones (excluding diaryl/α,β-unsaturated/α-hetero) is 1. The zero-order chi connectivity index (χ0) is 14.5. The second-order valence-corrected chi connectivity index (χ2v) is 5.12. The van der Waals surface area contributed by atoms with Crippen molar-refractivity contribution < 1.29 is 9.53 Å². The van der Waals surface area contributed by atoms with Crippen LogP contribution >= 0.6 is 15.9 Å². The molecule has 0 saturated heterocycles. The summed E-state index contributed by atoms with van der Waals surface area (Å²) in [7, 11) is 1.57. The van der Waals surface area contributed by atoms with Gasteiger partial charge in [-0.3, -0.25) is 4.79 Å². The number of carbonyl (C=O) groups excluding carboxylic acids is 1. The molecule has 100 valence electrons. The van der Waals surface area contributed by atoms with Crippen LogP contribution in [-0.4, -0.2) is 12.9 Å². The number of hydrogen-bond donors (Lipinski definition) is 0. The molecule has 0 bridgehead atoms. The number of benzene rings is 2. The highest BCUT2D eigenvalue weighted by atomic mass is 79.9. The summed E-state index contributed by atoms with van der Waals surface area (Å²) >= 11 is 3.33. The Bertz CT molecular complexity index is 642. The summed E-state index contributed by atoms with van der Waals surface area (Å²) in [4.78, 5) is 12.4. The van der Waals surface area contributed by atoms with Gasteiger partial charge in [-0.25, -0.2) is 0 Å². The summed E-state index contributed by atoms with van der Waals surface area (Å²) in [5.74, 6) is -0.326. The third-order valence-electron chi connectivity index (χ3n) is 2.97. The van der Waals surface area contributed by atoms with Crippen LogP contribution in [0.3, 0.4) is 0 Å². The molecule has 2 rings (SSSR count). The van der Waals surface area contributed by atoms with Gasteiger partial charge in [0.1, 0.15) is 11.7 Å². The Morgan fingerprint density at radius 1 is 1.15 bits per heavy atom. The quantitative estimate of drug-likeness (QED) is 0.798.